The zero-order chi connectivity index (χ0) is 19.2. The summed E-state index contributed by atoms with van der Waals surface area (Å²) in [7, 11) is 0. The van der Waals surface area contributed by atoms with E-state index in [1.807, 2.05) is 0 Å². The minimum atomic E-state index is -0.842. The maximum absolute atomic E-state index is 12.6. The van der Waals surface area contributed by atoms with Crippen molar-refractivity contribution in [1.82, 2.24) is 0 Å². The van der Waals surface area contributed by atoms with E-state index in [9.17, 15) is 14.7 Å². The van der Waals surface area contributed by atoms with Crippen LogP contribution in [0.5, 0.6) is 0 Å². The molecule has 0 aromatic carbocycles. The van der Waals surface area contributed by atoms with Crippen LogP contribution in [-0.2, 0) is 14.3 Å². The number of carbonyl (C=O) groups excluding carboxylic acids is 1. The highest BCUT2D eigenvalue weighted by Gasteiger charge is 2.37. The van der Waals surface area contributed by atoms with E-state index < -0.39 is 17.8 Å². The molecule has 4 nitrogen and oxygen atoms in total. The van der Waals surface area contributed by atoms with E-state index in [1.165, 1.54) is 32.1 Å². The number of esters is 1. The van der Waals surface area contributed by atoms with Crippen LogP contribution in [0.25, 0.3) is 0 Å². The van der Waals surface area contributed by atoms with Crippen molar-refractivity contribution in [3.8, 4) is 0 Å². The maximum Gasteiger partial charge on any atom is 0.310 e. The van der Waals surface area contributed by atoms with E-state index in [0.29, 0.717) is 12.8 Å². The third kappa shape index (κ3) is 9.05. The Balaban J connectivity index is 2.48. The van der Waals surface area contributed by atoms with Gasteiger partial charge in [0.25, 0.3) is 0 Å². The average Bonchev–Trinajstić information content (AvgIpc) is 2.64. The lowest BCUT2D eigenvalue weighted by Gasteiger charge is -2.28. The number of unbranched alkanes of at least 4 members (excludes halogenated alkanes) is 7. The molecule has 1 aliphatic carbocycles. The molecule has 1 saturated carbocycles. The van der Waals surface area contributed by atoms with E-state index in [1.54, 1.807) is 0 Å². The summed E-state index contributed by atoms with van der Waals surface area (Å²) in [6.07, 6.45) is 15.7. The largest absolute Gasteiger partial charge is 0.481 e. The van der Waals surface area contributed by atoms with Gasteiger partial charge in [-0.25, -0.2) is 0 Å². The van der Waals surface area contributed by atoms with Crippen LogP contribution in [0, 0.1) is 11.8 Å². The third-order valence-electron chi connectivity index (χ3n) is 5.68. The van der Waals surface area contributed by atoms with Crippen molar-refractivity contribution in [2.75, 3.05) is 0 Å². The standard InChI is InChI=1S/C22H40O4/c1-3-5-7-8-9-11-15-18(14-10-6-4-2)26-22(25)20-17-13-12-16-19(20)21(23)24/h18-20H,3-17H2,1-2H3,(H,23,24). The van der Waals surface area contributed by atoms with Gasteiger partial charge in [-0.15, -0.1) is 0 Å². The molecule has 3 unspecified atom stereocenters. The molecule has 0 spiro atoms. The molecule has 0 bridgehead atoms. The van der Waals surface area contributed by atoms with Crippen molar-refractivity contribution in [3.05, 3.63) is 0 Å². The number of hydrogen-bond acceptors (Lipinski definition) is 3. The van der Waals surface area contributed by atoms with E-state index in [-0.39, 0.29) is 12.1 Å². The normalized spacial score (nSPS) is 21.3. The van der Waals surface area contributed by atoms with Crippen LogP contribution in [0.15, 0.2) is 0 Å². The second kappa shape index (κ2) is 14.1. The molecule has 26 heavy (non-hydrogen) atoms. The summed E-state index contributed by atoms with van der Waals surface area (Å²) in [5, 5.41) is 9.40. The molecule has 1 rings (SSSR count). The van der Waals surface area contributed by atoms with Gasteiger partial charge in [0.2, 0.25) is 0 Å². The van der Waals surface area contributed by atoms with Crippen LogP contribution in [0.2, 0.25) is 0 Å². The molecule has 0 amide bonds. The van der Waals surface area contributed by atoms with Crippen LogP contribution >= 0.6 is 0 Å². The van der Waals surface area contributed by atoms with Gasteiger partial charge in [0.05, 0.1) is 11.8 Å². The van der Waals surface area contributed by atoms with Crippen LogP contribution in [0.3, 0.4) is 0 Å². The molecule has 1 N–H and O–H groups in total. The van der Waals surface area contributed by atoms with Gasteiger partial charge >= 0.3 is 11.9 Å². The highest BCUT2D eigenvalue weighted by atomic mass is 16.5. The van der Waals surface area contributed by atoms with Crippen molar-refractivity contribution in [3.63, 3.8) is 0 Å². The van der Waals surface area contributed by atoms with Crippen LogP contribution < -0.4 is 0 Å². The predicted molar refractivity (Wildman–Crippen MR) is 105 cm³/mol. The lowest BCUT2D eigenvalue weighted by Crippen LogP contribution is -2.35. The van der Waals surface area contributed by atoms with Crippen molar-refractivity contribution in [2.24, 2.45) is 11.8 Å². The lowest BCUT2D eigenvalue weighted by atomic mass is 9.79. The van der Waals surface area contributed by atoms with E-state index in [2.05, 4.69) is 13.8 Å². The molecule has 0 aliphatic heterocycles. The quantitative estimate of drug-likeness (QED) is 0.296. The first-order valence-electron chi connectivity index (χ1n) is 11.0. The van der Waals surface area contributed by atoms with Crippen LogP contribution in [0.4, 0.5) is 0 Å². The molecule has 0 heterocycles. The Kier molecular flexibility index (Phi) is 12.4. The average molecular weight is 369 g/mol. The fraction of sp³-hybridized carbons (Fsp3) is 0.909. The third-order valence-corrected chi connectivity index (χ3v) is 5.68. The highest BCUT2D eigenvalue weighted by molar-refractivity contribution is 5.81. The van der Waals surface area contributed by atoms with E-state index in [4.69, 9.17) is 4.74 Å². The van der Waals surface area contributed by atoms with Gasteiger partial charge < -0.3 is 9.84 Å². The smallest absolute Gasteiger partial charge is 0.310 e. The summed E-state index contributed by atoms with van der Waals surface area (Å²) in [6.45, 7) is 4.40. The Morgan fingerprint density at radius 3 is 1.96 bits per heavy atom. The Bertz CT molecular complexity index is 394. The first-order valence-corrected chi connectivity index (χ1v) is 11.0. The lowest BCUT2D eigenvalue weighted by molar-refractivity contribution is -0.164. The summed E-state index contributed by atoms with van der Waals surface area (Å²) in [6, 6.07) is 0. The van der Waals surface area contributed by atoms with Crippen LogP contribution in [-0.4, -0.2) is 23.1 Å². The molecule has 1 aliphatic rings. The molecule has 1 fully saturated rings. The monoisotopic (exact) mass is 368 g/mol. The molecule has 4 heteroatoms. The van der Waals surface area contributed by atoms with Gasteiger partial charge in [-0.3, -0.25) is 9.59 Å². The minimum absolute atomic E-state index is 0.0309. The molecular weight excluding hydrogens is 328 g/mol. The number of carboxylic acids is 1. The second-order valence-corrected chi connectivity index (χ2v) is 7.95. The predicted octanol–water partition coefficient (Wildman–Crippen LogP) is 6.12. The molecule has 0 saturated heterocycles. The Labute approximate surface area is 160 Å². The number of hydrogen-bond donors (Lipinski definition) is 1. The number of carbonyl (C=O) groups is 2. The number of ether oxygens (including phenoxy) is 1. The summed E-state index contributed by atoms with van der Waals surface area (Å²) in [5.41, 5.74) is 0. The van der Waals surface area contributed by atoms with Gasteiger partial charge in [0.1, 0.15) is 6.10 Å². The summed E-state index contributed by atoms with van der Waals surface area (Å²) >= 11 is 0. The van der Waals surface area contributed by atoms with Crippen LogP contribution in [0.1, 0.15) is 110 Å². The summed E-state index contributed by atoms with van der Waals surface area (Å²) in [5.74, 6) is -2.10. The fourth-order valence-corrected chi connectivity index (χ4v) is 4.00. The Hall–Kier alpha value is -1.06. The second-order valence-electron chi connectivity index (χ2n) is 7.95. The molecule has 0 radical (unpaired) electrons. The zero-order valence-corrected chi connectivity index (χ0v) is 17.0. The molecule has 152 valence electrons. The van der Waals surface area contributed by atoms with Gasteiger partial charge in [-0.2, -0.15) is 0 Å². The van der Waals surface area contributed by atoms with Gasteiger partial charge in [0.15, 0.2) is 0 Å². The summed E-state index contributed by atoms with van der Waals surface area (Å²) < 4.78 is 5.84. The fourth-order valence-electron chi connectivity index (χ4n) is 4.00. The molecule has 0 aromatic rings. The van der Waals surface area contributed by atoms with Gasteiger partial charge in [-0.05, 0) is 38.5 Å². The topological polar surface area (TPSA) is 63.6 Å². The zero-order valence-electron chi connectivity index (χ0n) is 17.0. The minimum Gasteiger partial charge on any atom is -0.481 e. The van der Waals surface area contributed by atoms with Gasteiger partial charge in [0, 0.05) is 0 Å². The summed E-state index contributed by atoms with van der Waals surface area (Å²) in [4.78, 5) is 24.1. The molecule has 3 atom stereocenters. The van der Waals surface area contributed by atoms with Crippen molar-refractivity contribution >= 4 is 11.9 Å². The van der Waals surface area contributed by atoms with Crippen molar-refractivity contribution < 1.29 is 19.4 Å². The maximum atomic E-state index is 12.6. The first-order chi connectivity index (χ1) is 12.6. The number of carboxylic acid groups (broad SMARTS) is 1. The Morgan fingerprint density at radius 2 is 1.35 bits per heavy atom. The molecular formula is C22H40O4. The first kappa shape index (κ1) is 23.0. The molecule has 0 aromatic heterocycles. The number of rotatable bonds is 14. The highest BCUT2D eigenvalue weighted by Crippen LogP contribution is 2.32. The van der Waals surface area contributed by atoms with Gasteiger partial charge in [-0.1, -0.05) is 71.6 Å². The SMILES string of the molecule is CCCCCCCCC(CCCCC)OC(=O)C1CCCCC1C(=O)O. The van der Waals surface area contributed by atoms with E-state index >= 15 is 0 Å². The van der Waals surface area contributed by atoms with E-state index in [0.717, 1.165) is 51.4 Å². The van der Waals surface area contributed by atoms with Crippen molar-refractivity contribution in [2.45, 2.75) is 116 Å². The van der Waals surface area contributed by atoms with Crippen molar-refractivity contribution in [1.29, 1.82) is 0 Å². The number of aliphatic carboxylic acids is 1. The Morgan fingerprint density at radius 1 is 0.846 bits per heavy atom.